The van der Waals surface area contributed by atoms with Crippen molar-refractivity contribution in [2.75, 3.05) is 12.0 Å². The van der Waals surface area contributed by atoms with Crippen LogP contribution in [0.3, 0.4) is 0 Å². The molecule has 20 heavy (non-hydrogen) atoms. The van der Waals surface area contributed by atoms with Crippen LogP contribution in [0.25, 0.3) is 10.9 Å². The highest BCUT2D eigenvalue weighted by molar-refractivity contribution is 5.84. The fraction of sp³-hybridized carbons (Fsp3) is 0.273. The summed E-state index contributed by atoms with van der Waals surface area (Å²) in [5.41, 5.74) is 2.52. The minimum atomic E-state index is -4.26. The van der Waals surface area contributed by atoms with Gasteiger partial charge >= 0.3 is 12.3 Å². The van der Waals surface area contributed by atoms with E-state index in [9.17, 15) is 17.6 Å². The van der Waals surface area contributed by atoms with Gasteiger partial charge in [0.05, 0.1) is 10.9 Å². The van der Waals surface area contributed by atoms with Gasteiger partial charge in [0.2, 0.25) is 11.8 Å². The van der Waals surface area contributed by atoms with Crippen molar-refractivity contribution in [1.82, 2.24) is 9.97 Å². The number of hydrazine groups is 1. The van der Waals surface area contributed by atoms with E-state index in [1.54, 1.807) is 18.2 Å². The van der Waals surface area contributed by atoms with E-state index >= 15 is 0 Å². The Hall–Kier alpha value is -2.16. The van der Waals surface area contributed by atoms with Crippen LogP contribution in [0.1, 0.15) is 0 Å². The van der Waals surface area contributed by atoms with Gasteiger partial charge in [0, 0.05) is 0 Å². The number of aromatic nitrogens is 2. The van der Waals surface area contributed by atoms with E-state index in [1.165, 1.54) is 6.07 Å². The van der Waals surface area contributed by atoms with Gasteiger partial charge in [-0.3, -0.25) is 5.43 Å². The topological polar surface area (TPSA) is 73.1 Å². The quantitative estimate of drug-likeness (QED) is 0.501. The zero-order chi connectivity index (χ0) is 14.8. The lowest BCUT2D eigenvalue weighted by molar-refractivity contribution is -0.148. The van der Waals surface area contributed by atoms with E-state index in [4.69, 9.17) is 10.6 Å². The summed E-state index contributed by atoms with van der Waals surface area (Å²) in [6, 6.07) is 6.37. The first-order valence-electron chi connectivity index (χ1n) is 5.46. The first-order valence-corrected chi connectivity index (χ1v) is 5.46. The number of nitrogens with zero attached hydrogens (tertiary/aromatic N) is 2. The van der Waals surface area contributed by atoms with E-state index < -0.39 is 19.0 Å². The fourth-order valence-corrected chi connectivity index (χ4v) is 1.45. The maximum atomic E-state index is 12.9. The molecule has 0 aliphatic heterocycles. The Kier molecular flexibility index (Phi) is 3.89. The van der Waals surface area contributed by atoms with E-state index in [0.29, 0.717) is 10.9 Å². The molecule has 0 aliphatic rings. The van der Waals surface area contributed by atoms with Crippen LogP contribution in [0, 0.1) is 0 Å². The van der Waals surface area contributed by atoms with E-state index in [2.05, 4.69) is 15.4 Å². The largest absolute Gasteiger partial charge is 0.470 e. The number of nitrogens with two attached hydrogens (primary N) is 1. The van der Waals surface area contributed by atoms with Crippen molar-refractivity contribution in [2.45, 2.75) is 12.3 Å². The number of rotatable bonds is 5. The summed E-state index contributed by atoms with van der Waals surface area (Å²) < 4.78 is 54.6. The molecule has 108 valence electrons. The predicted molar refractivity (Wildman–Crippen MR) is 63.8 cm³/mol. The highest BCUT2D eigenvalue weighted by Crippen LogP contribution is 2.27. The van der Waals surface area contributed by atoms with Crippen LogP contribution in [-0.4, -0.2) is 28.9 Å². The Bertz CT molecular complexity index is 608. The zero-order valence-electron chi connectivity index (χ0n) is 9.99. The highest BCUT2D eigenvalue weighted by atomic mass is 19.3. The van der Waals surface area contributed by atoms with Crippen molar-refractivity contribution in [1.29, 1.82) is 0 Å². The Labute approximate surface area is 110 Å². The van der Waals surface area contributed by atoms with Gasteiger partial charge in [-0.1, -0.05) is 12.1 Å². The minimum Gasteiger partial charge on any atom is -0.470 e. The minimum absolute atomic E-state index is 0.0703. The van der Waals surface area contributed by atoms with Gasteiger partial charge in [-0.15, -0.1) is 0 Å². The molecule has 0 amide bonds. The third-order valence-corrected chi connectivity index (χ3v) is 2.42. The van der Waals surface area contributed by atoms with Crippen LogP contribution < -0.4 is 16.0 Å². The number of fused-ring (bicyclic) bond motifs is 1. The Morgan fingerprint density at radius 3 is 2.60 bits per heavy atom. The van der Waals surface area contributed by atoms with Crippen LogP contribution in [0.4, 0.5) is 23.5 Å². The smallest absolute Gasteiger partial charge is 0.340 e. The highest BCUT2D eigenvalue weighted by Gasteiger charge is 2.42. The summed E-state index contributed by atoms with van der Waals surface area (Å²) in [6.07, 6.45) is -3.82. The summed E-state index contributed by atoms with van der Waals surface area (Å²) in [4.78, 5) is 7.71. The number of nitrogen functional groups attached to an aromatic ring is 1. The predicted octanol–water partition coefficient (Wildman–Crippen LogP) is 2.19. The molecule has 2 rings (SSSR count). The molecule has 1 heterocycles. The number of para-hydroxylation sites is 1. The van der Waals surface area contributed by atoms with Gasteiger partial charge in [-0.2, -0.15) is 13.8 Å². The summed E-state index contributed by atoms with van der Waals surface area (Å²) >= 11 is 0. The number of benzene rings is 1. The van der Waals surface area contributed by atoms with Crippen LogP contribution in [0.2, 0.25) is 0 Å². The molecule has 0 unspecified atom stereocenters. The molecule has 0 saturated carbocycles. The maximum Gasteiger partial charge on any atom is 0.340 e. The number of hydrogen-bond acceptors (Lipinski definition) is 5. The van der Waals surface area contributed by atoms with Crippen LogP contribution in [0.5, 0.6) is 5.88 Å². The SMILES string of the molecule is NNc1nc(OCC(F)(F)C(F)F)c2ccccc2n1. The number of hydrogen-bond donors (Lipinski definition) is 2. The molecule has 0 fully saturated rings. The van der Waals surface area contributed by atoms with E-state index in [1.807, 2.05) is 0 Å². The summed E-state index contributed by atoms with van der Waals surface area (Å²) in [7, 11) is 0. The van der Waals surface area contributed by atoms with Crippen LogP contribution in [0.15, 0.2) is 24.3 Å². The number of ether oxygens (including phenoxy) is 1. The second kappa shape index (κ2) is 5.45. The summed E-state index contributed by atoms with van der Waals surface area (Å²) in [6.45, 7) is -1.49. The lowest BCUT2D eigenvalue weighted by Crippen LogP contribution is -2.34. The molecular formula is C11H10F4N4O. The third-order valence-electron chi connectivity index (χ3n) is 2.42. The van der Waals surface area contributed by atoms with Gasteiger partial charge in [0.25, 0.3) is 0 Å². The second-order valence-electron chi connectivity index (χ2n) is 3.86. The average Bonchev–Trinajstić information content (AvgIpc) is 2.44. The molecule has 0 aliphatic carbocycles. The van der Waals surface area contributed by atoms with Crippen molar-refractivity contribution in [3.63, 3.8) is 0 Å². The van der Waals surface area contributed by atoms with Crippen molar-refractivity contribution < 1.29 is 22.3 Å². The molecule has 1 aromatic heterocycles. The first-order chi connectivity index (χ1) is 9.44. The van der Waals surface area contributed by atoms with Gasteiger partial charge in [-0.05, 0) is 12.1 Å². The van der Waals surface area contributed by atoms with Gasteiger partial charge in [-0.25, -0.2) is 19.6 Å². The van der Waals surface area contributed by atoms with Gasteiger partial charge in [0.15, 0.2) is 6.61 Å². The average molecular weight is 290 g/mol. The molecule has 2 aromatic rings. The lowest BCUT2D eigenvalue weighted by atomic mass is 10.2. The molecule has 3 N–H and O–H groups in total. The Morgan fingerprint density at radius 1 is 1.25 bits per heavy atom. The number of alkyl halides is 4. The maximum absolute atomic E-state index is 12.9. The molecule has 0 spiro atoms. The standard InChI is InChI=1S/C11H10F4N4O/c12-9(13)11(14,15)5-20-8-6-3-1-2-4-7(6)17-10(18-8)19-16/h1-4,9H,5,16H2,(H,17,18,19). The van der Waals surface area contributed by atoms with E-state index in [-0.39, 0.29) is 11.8 Å². The number of anilines is 1. The lowest BCUT2D eigenvalue weighted by Gasteiger charge is -2.16. The molecule has 0 bridgehead atoms. The molecular weight excluding hydrogens is 280 g/mol. The van der Waals surface area contributed by atoms with Crippen molar-refractivity contribution in [2.24, 2.45) is 5.84 Å². The summed E-state index contributed by atoms with van der Waals surface area (Å²) in [5.74, 6) is 0.563. The Balaban J connectivity index is 2.33. The molecule has 9 heteroatoms. The van der Waals surface area contributed by atoms with Crippen molar-refractivity contribution >= 4 is 16.9 Å². The second-order valence-corrected chi connectivity index (χ2v) is 3.86. The number of nitrogens with one attached hydrogen (secondary N) is 1. The monoisotopic (exact) mass is 290 g/mol. The summed E-state index contributed by atoms with van der Waals surface area (Å²) in [5, 5.41) is 0.316. The molecule has 0 radical (unpaired) electrons. The van der Waals surface area contributed by atoms with Gasteiger partial charge in [0.1, 0.15) is 0 Å². The van der Waals surface area contributed by atoms with Crippen LogP contribution >= 0.6 is 0 Å². The van der Waals surface area contributed by atoms with Crippen LogP contribution in [-0.2, 0) is 0 Å². The zero-order valence-corrected chi connectivity index (χ0v) is 9.99. The fourth-order valence-electron chi connectivity index (χ4n) is 1.45. The first kappa shape index (κ1) is 14.3. The number of halogens is 4. The molecule has 0 atom stereocenters. The Morgan fingerprint density at radius 2 is 1.95 bits per heavy atom. The van der Waals surface area contributed by atoms with Gasteiger partial charge < -0.3 is 4.74 Å². The van der Waals surface area contributed by atoms with Crippen molar-refractivity contribution in [3.05, 3.63) is 24.3 Å². The normalized spacial score (nSPS) is 11.9. The third kappa shape index (κ3) is 2.87. The molecule has 5 nitrogen and oxygen atoms in total. The molecule has 1 aromatic carbocycles. The molecule has 0 saturated heterocycles. The van der Waals surface area contributed by atoms with E-state index in [0.717, 1.165) is 0 Å². The van der Waals surface area contributed by atoms with Crippen molar-refractivity contribution in [3.8, 4) is 5.88 Å².